The molecule has 3 atom stereocenters. The van der Waals surface area contributed by atoms with Crippen molar-refractivity contribution in [1.29, 1.82) is 0 Å². The molecule has 1 saturated carbocycles. The second-order valence-electron chi connectivity index (χ2n) is 7.29. The van der Waals surface area contributed by atoms with E-state index in [0.717, 1.165) is 25.3 Å². The van der Waals surface area contributed by atoms with E-state index in [1.807, 2.05) is 0 Å². The summed E-state index contributed by atoms with van der Waals surface area (Å²) in [7, 11) is 0. The van der Waals surface area contributed by atoms with Gasteiger partial charge in [0.1, 0.15) is 18.8 Å². The van der Waals surface area contributed by atoms with Crippen LogP contribution in [0, 0.1) is 22.0 Å². The van der Waals surface area contributed by atoms with Gasteiger partial charge >= 0.3 is 5.97 Å². The molecule has 1 aromatic rings. The summed E-state index contributed by atoms with van der Waals surface area (Å²) in [6.07, 6.45) is 3.06. The first-order chi connectivity index (χ1) is 13.4. The van der Waals surface area contributed by atoms with Gasteiger partial charge < -0.3 is 19.5 Å². The van der Waals surface area contributed by atoms with Crippen molar-refractivity contribution < 1.29 is 28.7 Å². The van der Waals surface area contributed by atoms with Crippen LogP contribution in [0.15, 0.2) is 12.1 Å². The van der Waals surface area contributed by atoms with Crippen LogP contribution < -0.4 is 14.8 Å². The van der Waals surface area contributed by atoms with Gasteiger partial charge in [0.05, 0.1) is 11.0 Å². The Morgan fingerprint density at radius 2 is 1.89 bits per heavy atom. The number of nitro benzene ring substituents is 1. The minimum atomic E-state index is -0.955. The van der Waals surface area contributed by atoms with Gasteiger partial charge in [-0.3, -0.25) is 14.9 Å². The van der Waals surface area contributed by atoms with Crippen LogP contribution in [0.4, 0.5) is 5.69 Å². The van der Waals surface area contributed by atoms with E-state index in [2.05, 4.69) is 19.2 Å². The Morgan fingerprint density at radius 3 is 2.57 bits per heavy atom. The normalized spacial score (nSPS) is 23.6. The van der Waals surface area contributed by atoms with Gasteiger partial charge in [-0.25, -0.2) is 4.79 Å². The summed E-state index contributed by atoms with van der Waals surface area (Å²) in [6.45, 7) is 4.30. The predicted octanol–water partition coefficient (Wildman–Crippen LogP) is 2.46. The molecule has 3 rings (SSSR count). The lowest BCUT2D eigenvalue weighted by atomic mass is 9.78. The van der Waals surface area contributed by atoms with Crippen LogP contribution in [0.25, 0.3) is 0 Å². The maximum atomic E-state index is 12.4. The van der Waals surface area contributed by atoms with Crippen molar-refractivity contribution in [1.82, 2.24) is 5.32 Å². The molecule has 1 N–H and O–H groups in total. The zero-order chi connectivity index (χ0) is 20.3. The number of carbonyl (C=O) groups is 2. The Balaban J connectivity index is 1.64. The van der Waals surface area contributed by atoms with Gasteiger partial charge in [-0.15, -0.1) is 0 Å². The molecular formula is C19H24N2O7. The first-order valence-electron chi connectivity index (χ1n) is 9.41. The number of rotatable bonds is 5. The molecule has 0 aromatic heterocycles. The van der Waals surface area contributed by atoms with Crippen LogP contribution in [0.3, 0.4) is 0 Å². The van der Waals surface area contributed by atoms with Crippen molar-refractivity contribution in [2.24, 2.45) is 11.8 Å². The monoisotopic (exact) mass is 392 g/mol. The van der Waals surface area contributed by atoms with Crippen molar-refractivity contribution in [2.45, 2.75) is 39.2 Å². The summed E-state index contributed by atoms with van der Waals surface area (Å²) >= 11 is 0. The van der Waals surface area contributed by atoms with E-state index < -0.39 is 29.1 Å². The largest absolute Gasteiger partial charge is 0.486 e. The maximum Gasteiger partial charge on any atom is 0.345 e. The van der Waals surface area contributed by atoms with Crippen LogP contribution in [0.5, 0.6) is 11.5 Å². The lowest BCUT2D eigenvalue weighted by Gasteiger charge is -2.34. The number of carbonyl (C=O) groups excluding carboxylic acids is 2. The van der Waals surface area contributed by atoms with E-state index in [1.54, 1.807) is 0 Å². The molecule has 0 bridgehead atoms. The van der Waals surface area contributed by atoms with E-state index in [4.69, 9.17) is 14.2 Å². The highest BCUT2D eigenvalue weighted by molar-refractivity contribution is 5.96. The summed E-state index contributed by atoms with van der Waals surface area (Å²) in [4.78, 5) is 35.2. The number of hydrogen-bond acceptors (Lipinski definition) is 7. The van der Waals surface area contributed by atoms with E-state index >= 15 is 0 Å². The molecule has 1 amide bonds. The smallest absolute Gasteiger partial charge is 0.345 e. The fourth-order valence-electron chi connectivity index (χ4n) is 3.64. The highest BCUT2D eigenvalue weighted by Crippen LogP contribution is 2.37. The highest BCUT2D eigenvalue weighted by atomic mass is 16.6. The van der Waals surface area contributed by atoms with Crippen molar-refractivity contribution >= 4 is 17.6 Å². The van der Waals surface area contributed by atoms with Crippen LogP contribution in [0.2, 0.25) is 0 Å². The van der Waals surface area contributed by atoms with Crippen molar-refractivity contribution in [3.63, 3.8) is 0 Å². The number of esters is 1. The summed E-state index contributed by atoms with van der Waals surface area (Å²) in [5.74, 6) is -0.0800. The highest BCUT2D eigenvalue weighted by Gasteiger charge is 2.30. The topological polar surface area (TPSA) is 117 Å². The van der Waals surface area contributed by atoms with Crippen molar-refractivity contribution in [2.75, 3.05) is 19.8 Å². The van der Waals surface area contributed by atoms with Gasteiger partial charge in [-0.05, 0) is 18.3 Å². The quantitative estimate of drug-likeness (QED) is 0.465. The summed E-state index contributed by atoms with van der Waals surface area (Å²) < 4.78 is 15.7. The van der Waals surface area contributed by atoms with E-state index in [-0.39, 0.29) is 36.3 Å². The molecule has 1 fully saturated rings. The average Bonchev–Trinajstić information content (AvgIpc) is 2.68. The van der Waals surface area contributed by atoms with Crippen LogP contribution in [-0.2, 0) is 9.53 Å². The molecular weight excluding hydrogens is 368 g/mol. The third-order valence-electron chi connectivity index (χ3n) is 5.46. The maximum absolute atomic E-state index is 12.4. The molecule has 1 aromatic carbocycles. The molecule has 1 heterocycles. The molecule has 1 aliphatic heterocycles. The Hall–Kier alpha value is -2.84. The minimum absolute atomic E-state index is 0.0404. The number of nitrogens with one attached hydrogen (secondary N) is 1. The van der Waals surface area contributed by atoms with Crippen LogP contribution in [-0.4, -0.2) is 42.7 Å². The third kappa shape index (κ3) is 4.35. The first kappa shape index (κ1) is 19.9. The third-order valence-corrected chi connectivity index (χ3v) is 5.46. The Labute approximate surface area is 162 Å². The van der Waals surface area contributed by atoms with E-state index in [1.165, 1.54) is 6.07 Å². The number of nitrogens with zero attached hydrogens (tertiary/aromatic N) is 1. The number of ether oxygens (including phenoxy) is 3. The molecule has 9 heteroatoms. The molecule has 152 valence electrons. The number of fused-ring (bicyclic) bond motifs is 1. The fraction of sp³-hybridized carbons (Fsp3) is 0.579. The van der Waals surface area contributed by atoms with Crippen LogP contribution >= 0.6 is 0 Å². The first-order valence-corrected chi connectivity index (χ1v) is 9.41. The molecule has 9 nitrogen and oxygen atoms in total. The van der Waals surface area contributed by atoms with Crippen molar-refractivity contribution in [3.8, 4) is 11.5 Å². The molecule has 28 heavy (non-hydrogen) atoms. The number of amides is 1. The average molecular weight is 392 g/mol. The lowest BCUT2D eigenvalue weighted by molar-refractivity contribution is -0.385. The van der Waals surface area contributed by atoms with Gasteiger partial charge in [0.15, 0.2) is 18.1 Å². The number of nitro groups is 1. The van der Waals surface area contributed by atoms with E-state index in [0.29, 0.717) is 11.8 Å². The second kappa shape index (κ2) is 8.45. The van der Waals surface area contributed by atoms with Gasteiger partial charge in [-0.1, -0.05) is 26.7 Å². The number of hydrogen-bond donors (Lipinski definition) is 1. The minimum Gasteiger partial charge on any atom is -0.486 e. The zero-order valence-corrected chi connectivity index (χ0v) is 15.9. The standard InChI is InChI=1S/C19H24N2O7/c1-11-4-3-5-14(12(11)2)20-18(22)10-28-19(23)13-8-16-17(27-7-6-26-16)9-15(13)21(24)25/h8-9,11-12,14H,3-7,10H2,1-2H3,(H,20,22)/t11-,12-,14+/m1/s1. The molecule has 0 spiro atoms. The SMILES string of the molecule is C[C@@H]1[C@H](C)CCC[C@@H]1NC(=O)COC(=O)c1cc2c(cc1[N+](=O)[O-])OCCO2. The molecule has 0 radical (unpaired) electrons. The molecule has 0 unspecified atom stereocenters. The molecule has 2 aliphatic rings. The van der Waals surface area contributed by atoms with E-state index in [9.17, 15) is 19.7 Å². The Kier molecular flexibility index (Phi) is 6.01. The Morgan fingerprint density at radius 1 is 1.21 bits per heavy atom. The fourth-order valence-corrected chi connectivity index (χ4v) is 3.64. The number of benzene rings is 1. The summed E-state index contributed by atoms with van der Waals surface area (Å²) in [6, 6.07) is 2.40. The second-order valence-corrected chi connectivity index (χ2v) is 7.29. The molecule has 1 aliphatic carbocycles. The van der Waals surface area contributed by atoms with Gasteiger partial charge in [0.25, 0.3) is 11.6 Å². The Bertz CT molecular complexity index is 780. The van der Waals surface area contributed by atoms with Gasteiger partial charge in [-0.2, -0.15) is 0 Å². The zero-order valence-electron chi connectivity index (χ0n) is 15.9. The van der Waals surface area contributed by atoms with Gasteiger partial charge in [0, 0.05) is 12.1 Å². The predicted molar refractivity (Wildman–Crippen MR) is 98.5 cm³/mol. The summed E-state index contributed by atoms with van der Waals surface area (Å²) in [5.41, 5.74) is -0.730. The van der Waals surface area contributed by atoms with Gasteiger partial charge in [0.2, 0.25) is 0 Å². The molecule has 0 saturated heterocycles. The van der Waals surface area contributed by atoms with Crippen LogP contribution in [0.1, 0.15) is 43.5 Å². The van der Waals surface area contributed by atoms with Crippen molar-refractivity contribution in [3.05, 3.63) is 27.8 Å². The lowest BCUT2D eigenvalue weighted by Crippen LogP contribution is -2.45. The summed E-state index contributed by atoms with van der Waals surface area (Å²) in [5, 5.41) is 14.2.